The topological polar surface area (TPSA) is 87.7 Å². The van der Waals surface area contributed by atoms with Crippen LogP contribution in [0, 0.1) is 12.3 Å². The fourth-order valence-electron chi connectivity index (χ4n) is 1.50. The van der Waals surface area contributed by atoms with Gasteiger partial charge in [0.1, 0.15) is 5.84 Å². The molecule has 0 aliphatic rings. The van der Waals surface area contributed by atoms with Crippen LogP contribution in [-0.4, -0.2) is 23.5 Å². The molecule has 4 N–H and O–H groups in total. The van der Waals surface area contributed by atoms with E-state index in [-0.39, 0.29) is 18.3 Å². The number of nitrogens with two attached hydrogens (primary N) is 1. The van der Waals surface area contributed by atoms with Gasteiger partial charge in [-0.3, -0.25) is 4.79 Å². The van der Waals surface area contributed by atoms with Crippen molar-refractivity contribution >= 4 is 27.7 Å². The molecule has 0 atom stereocenters. The Labute approximate surface area is 121 Å². The molecule has 1 aromatic rings. The molecule has 1 aromatic carbocycles. The molecule has 0 fully saturated rings. The fourth-order valence-corrected chi connectivity index (χ4v) is 1.98. The van der Waals surface area contributed by atoms with Gasteiger partial charge in [0.15, 0.2) is 0 Å². The van der Waals surface area contributed by atoms with Crippen molar-refractivity contribution in [1.29, 1.82) is 0 Å². The third-order valence-corrected chi connectivity index (χ3v) is 3.42. The zero-order valence-electron chi connectivity index (χ0n) is 11.2. The number of nitrogens with one attached hydrogen (secondary N) is 1. The maximum Gasteiger partial charge on any atom is 0.251 e. The average molecular weight is 328 g/mol. The van der Waals surface area contributed by atoms with Gasteiger partial charge >= 0.3 is 0 Å². The molecule has 0 heterocycles. The minimum Gasteiger partial charge on any atom is -0.409 e. The van der Waals surface area contributed by atoms with Gasteiger partial charge in [-0.1, -0.05) is 34.9 Å². The summed E-state index contributed by atoms with van der Waals surface area (Å²) in [6.45, 7) is 5.74. The second kappa shape index (κ2) is 6.06. The standard InChI is InChI=1S/C13H18BrN3O2/c1-8-6-9(14)4-5-10(8)11(18)16-7-13(2,3)12(15)17-19/h4-6,19H,7H2,1-3H3,(H2,15,17)(H,16,18). The van der Waals surface area contributed by atoms with E-state index in [4.69, 9.17) is 10.9 Å². The lowest BCUT2D eigenvalue weighted by molar-refractivity contribution is 0.0943. The van der Waals surface area contributed by atoms with E-state index >= 15 is 0 Å². The number of oxime groups is 1. The summed E-state index contributed by atoms with van der Waals surface area (Å²) < 4.78 is 0.929. The summed E-state index contributed by atoms with van der Waals surface area (Å²) in [6.07, 6.45) is 0. The Kier molecular flexibility index (Phi) is 4.94. The van der Waals surface area contributed by atoms with Gasteiger partial charge in [-0.25, -0.2) is 0 Å². The molecular weight excluding hydrogens is 310 g/mol. The number of aryl methyl sites for hydroxylation is 1. The first-order chi connectivity index (χ1) is 8.77. The van der Waals surface area contributed by atoms with Crippen LogP contribution < -0.4 is 11.1 Å². The Hall–Kier alpha value is -1.56. The van der Waals surface area contributed by atoms with Gasteiger partial charge in [0.2, 0.25) is 0 Å². The van der Waals surface area contributed by atoms with Crippen molar-refractivity contribution < 1.29 is 10.0 Å². The molecule has 0 unspecified atom stereocenters. The molecule has 6 heteroatoms. The van der Waals surface area contributed by atoms with Crippen molar-refractivity contribution in [2.75, 3.05) is 6.54 Å². The fraction of sp³-hybridized carbons (Fsp3) is 0.385. The number of hydrogen-bond donors (Lipinski definition) is 3. The Balaban J connectivity index is 2.76. The highest BCUT2D eigenvalue weighted by Gasteiger charge is 2.24. The van der Waals surface area contributed by atoms with Crippen LogP contribution in [0.4, 0.5) is 0 Å². The van der Waals surface area contributed by atoms with Gasteiger partial charge in [-0.05, 0) is 30.7 Å². The first kappa shape index (κ1) is 15.5. The van der Waals surface area contributed by atoms with Gasteiger partial charge in [0.25, 0.3) is 5.91 Å². The smallest absolute Gasteiger partial charge is 0.251 e. The lowest BCUT2D eigenvalue weighted by atomic mass is 9.92. The SMILES string of the molecule is Cc1cc(Br)ccc1C(=O)NCC(C)(C)/C(N)=N/O. The lowest BCUT2D eigenvalue weighted by Gasteiger charge is -2.23. The maximum absolute atomic E-state index is 12.1. The largest absolute Gasteiger partial charge is 0.409 e. The Bertz CT molecular complexity index is 513. The zero-order valence-corrected chi connectivity index (χ0v) is 12.8. The van der Waals surface area contributed by atoms with Crippen molar-refractivity contribution in [1.82, 2.24) is 5.32 Å². The third-order valence-electron chi connectivity index (χ3n) is 2.93. The maximum atomic E-state index is 12.1. The minimum absolute atomic E-state index is 0.0836. The van der Waals surface area contributed by atoms with Gasteiger partial charge in [-0.2, -0.15) is 0 Å². The number of halogens is 1. The van der Waals surface area contributed by atoms with Crippen LogP contribution >= 0.6 is 15.9 Å². The second-order valence-corrected chi connectivity index (χ2v) is 5.93. The van der Waals surface area contributed by atoms with E-state index in [9.17, 15) is 4.79 Å². The summed E-state index contributed by atoms with van der Waals surface area (Å²) in [4.78, 5) is 12.1. The second-order valence-electron chi connectivity index (χ2n) is 5.01. The van der Waals surface area contributed by atoms with Gasteiger partial charge < -0.3 is 16.3 Å². The normalized spacial score (nSPS) is 12.3. The average Bonchev–Trinajstić information content (AvgIpc) is 2.35. The van der Waals surface area contributed by atoms with Crippen molar-refractivity contribution in [2.45, 2.75) is 20.8 Å². The number of carbonyl (C=O) groups excluding carboxylic acids is 1. The summed E-state index contributed by atoms with van der Waals surface area (Å²) in [5.74, 6) is -0.0934. The van der Waals surface area contributed by atoms with E-state index in [1.54, 1.807) is 19.9 Å². The molecular formula is C13H18BrN3O2. The number of nitrogens with zero attached hydrogens (tertiary/aromatic N) is 1. The van der Waals surface area contributed by atoms with Crippen LogP contribution in [0.1, 0.15) is 29.8 Å². The van der Waals surface area contributed by atoms with E-state index in [0.717, 1.165) is 10.0 Å². The van der Waals surface area contributed by atoms with Crippen LogP contribution in [0.2, 0.25) is 0 Å². The van der Waals surface area contributed by atoms with Crippen LogP contribution in [0.3, 0.4) is 0 Å². The number of hydrogen-bond acceptors (Lipinski definition) is 3. The van der Waals surface area contributed by atoms with E-state index in [2.05, 4.69) is 26.4 Å². The highest BCUT2D eigenvalue weighted by atomic mass is 79.9. The van der Waals surface area contributed by atoms with Crippen molar-refractivity contribution in [2.24, 2.45) is 16.3 Å². The molecule has 19 heavy (non-hydrogen) atoms. The molecule has 1 amide bonds. The first-order valence-corrected chi connectivity index (χ1v) is 6.59. The van der Waals surface area contributed by atoms with Gasteiger partial charge in [0, 0.05) is 22.0 Å². The third kappa shape index (κ3) is 3.96. The van der Waals surface area contributed by atoms with E-state index in [0.29, 0.717) is 5.56 Å². The molecule has 0 bridgehead atoms. The lowest BCUT2D eigenvalue weighted by Crippen LogP contribution is -2.42. The van der Waals surface area contributed by atoms with Gasteiger partial charge in [0.05, 0.1) is 0 Å². The summed E-state index contributed by atoms with van der Waals surface area (Å²) in [6, 6.07) is 5.45. The van der Waals surface area contributed by atoms with E-state index in [1.165, 1.54) is 0 Å². The van der Waals surface area contributed by atoms with Crippen LogP contribution in [-0.2, 0) is 0 Å². The number of amidine groups is 1. The number of rotatable bonds is 4. The Morgan fingerprint density at radius 1 is 1.53 bits per heavy atom. The molecule has 0 aliphatic heterocycles. The summed E-state index contributed by atoms with van der Waals surface area (Å²) in [7, 11) is 0. The Morgan fingerprint density at radius 3 is 2.68 bits per heavy atom. The van der Waals surface area contributed by atoms with Crippen molar-refractivity contribution in [3.63, 3.8) is 0 Å². The Morgan fingerprint density at radius 2 is 2.16 bits per heavy atom. The van der Waals surface area contributed by atoms with E-state index in [1.807, 2.05) is 19.1 Å². The highest BCUT2D eigenvalue weighted by Crippen LogP contribution is 2.17. The highest BCUT2D eigenvalue weighted by molar-refractivity contribution is 9.10. The predicted molar refractivity (Wildman–Crippen MR) is 78.4 cm³/mol. The summed E-state index contributed by atoms with van der Waals surface area (Å²) in [5.41, 5.74) is 6.46. The monoisotopic (exact) mass is 327 g/mol. The van der Waals surface area contributed by atoms with Gasteiger partial charge in [-0.15, -0.1) is 0 Å². The molecule has 0 radical (unpaired) electrons. The van der Waals surface area contributed by atoms with Crippen molar-refractivity contribution in [3.8, 4) is 0 Å². The summed E-state index contributed by atoms with van der Waals surface area (Å²) >= 11 is 3.35. The minimum atomic E-state index is -0.603. The molecule has 0 aromatic heterocycles. The number of amides is 1. The van der Waals surface area contributed by atoms with Crippen molar-refractivity contribution in [3.05, 3.63) is 33.8 Å². The number of benzene rings is 1. The molecule has 0 spiro atoms. The summed E-state index contributed by atoms with van der Waals surface area (Å²) in [5, 5.41) is 14.4. The van der Waals surface area contributed by atoms with E-state index < -0.39 is 5.41 Å². The predicted octanol–water partition coefficient (Wildman–Crippen LogP) is 2.26. The quantitative estimate of drug-likeness (QED) is 0.343. The first-order valence-electron chi connectivity index (χ1n) is 5.80. The molecule has 104 valence electrons. The molecule has 5 nitrogen and oxygen atoms in total. The van der Waals surface area contributed by atoms with Crippen LogP contribution in [0.25, 0.3) is 0 Å². The van der Waals surface area contributed by atoms with Crippen LogP contribution in [0.5, 0.6) is 0 Å². The molecule has 0 aliphatic carbocycles. The zero-order chi connectivity index (χ0) is 14.6. The molecule has 0 saturated heterocycles. The number of carbonyl (C=O) groups is 1. The van der Waals surface area contributed by atoms with Crippen LogP contribution in [0.15, 0.2) is 27.8 Å². The molecule has 0 saturated carbocycles. The molecule has 1 rings (SSSR count).